The number of para-hydroxylation sites is 1. The molecule has 1 aliphatic carbocycles. The largest absolute Gasteiger partial charge is 0.481 e. The predicted molar refractivity (Wildman–Crippen MR) is 110 cm³/mol. The van der Waals surface area contributed by atoms with Crippen molar-refractivity contribution in [1.29, 1.82) is 0 Å². The van der Waals surface area contributed by atoms with Crippen molar-refractivity contribution in [3.05, 3.63) is 102 Å². The maximum absolute atomic E-state index is 13.3. The Balaban J connectivity index is 1.74. The molecule has 0 saturated heterocycles. The van der Waals surface area contributed by atoms with Gasteiger partial charge < -0.3 is 9.84 Å². The molecule has 29 heavy (non-hydrogen) atoms. The Morgan fingerprint density at radius 2 is 1.21 bits per heavy atom. The van der Waals surface area contributed by atoms with Crippen LogP contribution in [0.4, 0.5) is 0 Å². The number of carbonyl (C=O) groups is 2. The molecule has 0 aliphatic heterocycles. The number of carboxylic acid groups (broad SMARTS) is 1. The number of hydrogen-bond donors (Lipinski definition) is 1. The molecule has 2 atom stereocenters. The Hall–Kier alpha value is -3.40. The number of carbonyl (C=O) groups excluding carboxylic acids is 1. The molecular formula is C25H22O4. The van der Waals surface area contributed by atoms with Crippen molar-refractivity contribution in [2.75, 3.05) is 0 Å². The fourth-order valence-corrected chi connectivity index (χ4v) is 4.38. The molecule has 3 aromatic rings. The summed E-state index contributed by atoms with van der Waals surface area (Å²) in [6, 6.07) is 26.1. The van der Waals surface area contributed by atoms with Gasteiger partial charge in [0.1, 0.15) is 5.75 Å². The third kappa shape index (κ3) is 3.54. The van der Waals surface area contributed by atoms with Gasteiger partial charge in [-0.1, -0.05) is 78.9 Å². The van der Waals surface area contributed by atoms with Gasteiger partial charge in [-0.2, -0.15) is 0 Å². The molecule has 0 amide bonds. The number of esters is 1. The van der Waals surface area contributed by atoms with E-state index < -0.39 is 29.6 Å². The molecule has 0 aromatic heterocycles. The smallest absolute Gasteiger partial charge is 0.315 e. The van der Waals surface area contributed by atoms with Gasteiger partial charge >= 0.3 is 11.9 Å². The molecular weight excluding hydrogens is 364 g/mol. The normalized spacial score (nSPS) is 23.1. The monoisotopic (exact) mass is 386 g/mol. The van der Waals surface area contributed by atoms with Gasteiger partial charge in [-0.25, -0.2) is 0 Å². The number of hydrogen-bond acceptors (Lipinski definition) is 3. The Labute approximate surface area is 169 Å². The van der Waals surface area contributed by atoms with Gasteiger partial charge in [0.25, 0.3) is 0 Å². The average molecular weight is 386 g/mol. The molecule has 0 radical (unpaired) electrons. The first-order valence-electron chi connectivity index (χ1n) is 9.68. The van der Waals surface area contributed by atoms with Crippen LogP contribution in [0.25, 0.3) is 0 Å². The molecule has 4 nitrogen and oxygen atoms in total. The highest BCUT2D eigenvalue weighted by Crippen LogP contribution is 2.58. The summed E-state index contributed by atoms with van der Waals surface area (Å²) in [5, 5.41) is 9.98. The van der Waals surface area contributed by atoms with Gasteiger partial charge in [0.15, 0.2) is 0 Å². The first-order valence-corrected chi connectivity index (χ1v) is 9.68. The van der Waals surface area contributed by atoms with Crippen LogP contribution in [0.5, 0.6) is 5.75 Å². The zero-order chi connectivity index (χ0) is 20.4. The molecule has 1 fully saturated rings. The lowest BCUT2D eigenvalue weighted by molar-refractivity contribution is -0.158. The van der Waals surface area contributed by atoms with Crippen LogP contribution in [-0.4, -0.2) is 17.0 Å². The van der Waals surface area contributed by atoms with Crippen molar-refractivity contribution < 1.29 is 19.4 Å². The zero-order valence-corrected chi connectivity index (χ0v) is 16.1. The number of rotatable bonds is 5. The highest BCUT2D eigenvalue weighted by Gasteiger charge is 2.59. The molecule has 4 rings (SSSR count). The van der Waals surface area contributed by atoms with E-state index in [1.165, 1.54) is 0 Å². The van der Waals surface area contributed by atoms with Crippen molar-refractivity contribution in [2.45, 2.75) is 18.8 Å². The van der Waals surface area contributed by atoms with Gasteiger partial charge in [-0.15, -0.1) is 0 Å². The number of aliphatic carboxylic acids is 1. The standard InChI is InChI=1S/C25H22O4/c1-16-10-8-9-15-19(16)29-25(28)23-20(17-11-4-2-5-12-17)22(24(26)27)21(23)18-13-6-3-7-14-18/h2-15,20-23H,1H3,(H,26,27)/t20-,21-,22?,23?/m0/s1. The summed E-state index contributed by atoms with van der Waals surface area (Å²) < 4.78 is 5.75. The molecule has 1 N–H and O–H groups in total. The van der Waals surface area contributed by atoms with E-state index in [4.69, 9.17) is 4.74 Å². The Morgan fingerprint density at radius 3 is 1.69 bits per heavy atom. The fraction of sp³-hybridized carbons (Fsp3) is 0.200. The third-order valence-corrected chi connectivity index (χ3v) is 5.78. The van der Waals surface area contributed by atoms with Crippen LogP contribution in [0.1, 0.15) is 28.5 Å². The summed E-state index contributed by atoms with van der Waals surface area (Å²) >= 11 is 0. The number of ether oxygens (including phenoxy) is 1. The van der Waals surface area contributed by atoms with E-state index in [0.29, 0.717) is 5.75 Å². The minimum atomic E-state index is -0.896. The Kier molecular flexibility index (Phi) is 5.17. The van der Waals surface area contributed by atoms with Crippen LogP contribution < -0.4 is 4.74 Å². The van der Waals surface area contributed by atoms with Gasteiger partial charge in [0.05, 0.1) is 11.8 Å². The highest BCUT2D eigenvalue weighted by atomic mass is 16.5. The molecule has 4 heteroatoms. The number of carboxylic acids is 1. The van der Waals surface area contributed by atoms with Crippen LogP contribution in [-0.2, 0) is 9.59 Å². The second kappa shape index (κ2) is 7.92. The SMILES string of the molecule is Cc1ccccc1OC(=O)C1[C@@H](c2ccccc2)C(C(=O)O)[C@@H]1c1ccccc1. The van der Waals surface area contributed by atoms with Gasteiger partial charge in [0.2, 0.25) is 0 Å². The first kappa shape index (κ1) is 18.9. The van der Waals surface area contributed by atoms with E-state index in [2.05, 4.69) is 0 Å². The van der Waals surface area contributed by atoms with E-state index >= 15 is 0 Å². The van der Waals surface area contributed by atoms with Crippen molar-refractivity contribution in [2.24, 2.45) is 11.8 Å². The van der Waals surface area contributed by atoms with Crippen molar-refractivity contribution >= 4 is 11.9 Å². The zero-order valence-electron chi connectivity index (χ0n) is 16.1. The summed E-state index contributed by atoms with van der Waals surface area (Å²) in [6.45, 7) is 1.88. The lowest BCUT2D eigenvalue weighted by Gasteiger charge is -2.49. The molecule has 0 spiro atoms. The molecule has 0 unspecified atom stereocenters. The summed E-state index contributed by atoms with van der Waals surface area (Å²) in [4.78, 5) is 25.4. The third-order valence-electron chi connectivity index (χ3n) is 5.78. The summed E-state index contributed by atoms with van der Waals surface area (Å²) in [6.07, 6.45) is 0. The van der Waals surface area contributed by atoms with Gasteiger partial charge in [-0.3, -0.25) is 9.59 Å². The minimum absolute atomic E-state index is 0.389. The Bertz CT molecular complexity index is 966. The lowest BCUT2D eigenvalue weighted by atomic mass is 9.52. The molecule has 3 aromatic carbocycles. The van der Waals surface area contributed by atoms with Crippen LogP contribution in [0.2, 0.25) is 0 Å². The van der Waals surface area contributed by atoms with E-state index in [-0.39, 0.29) is 5.97 Å². The Morgan fingerprint density at radius 1 is 0.724 bits per heavy atom. The van der Waals surface area contributed by atoms with E-state index in [9.17, 15) is 14.7 Å². The van der Waals surface area contributed by atoms with Crippen LogP contribution in [0.15, 0.2) is 84.9 Å². The minimum Gasteiger partial charge on any atom is -0.481 e. The second-order valence-corrected chi connectivity index (χ2v) is 7.45. The van der Waals surface area contributed by atoms with Crippen molar-refractivity contribution in [1.82, 2.24) is 0 Å². The van der Waals surface area contributed by atoms with E-state index in [1.807, 2.05) is 85.8 Å². The quantitative estimate of drug-likeness (QED) is 0.505. The lowest BCUT2D eigenvalue weighted by Crippen LogP contribution is -2.52. The topological polar surface area (TPSA) is 63.6 Å². The first-order chi connectivity index (χ1) is 14.1. The van der Waals surface area contributed by atoms with Crippen LogP contribution >= 0.6 is 0 Å². The fourth-order valence-electron chi connectivity index (χ4n) is 4.38. The van der Waals surface area contributed by atoms with Crippen molar-refractivity contribution in [3.8, 4) is 5.75 Å². The molecule has 0 bridgehead atoms. The maximum Gasteiger partial charge on any atom is 0.315 e. The van der Waals surface area contributed by atoms with Crippen molar-refractivity contribution in [3.63, 3.8) is 0 Å². The van der Waals surface area contributed by atoms with E-state index in [1.54, 1.807) is 6.07 Å². The highest BCUT2D eigenvalue weighted by molar-refractivity contribution is 5.85. The van der Waals surface area contributed by atoms with Crippen LogP contribution in [0.3, 0.4) is 0 Å². The van der Waals surface area contributed by atoms with Crippen LogP contribution in [0, 0.1) is 18.8 Å². The summed E-state index contributed by atoms with van der Waals surface area (Å²) in [7, 11) is 0. The molecule has 1 aliphatic rings. The molecule has 0 heterocycles. The average Bonchev–Trinajstić information content (AvgIpc) is 2.70. The van der Waals surface area contributed by atoms with E-state index in [0.717, 1.165) is 16.7 Å². The summed E-state index contributed by atoms with van der Waals surface area (Å²) in [5.41, 5.74) is 2.56. The summed E-state index contributed by atoms with van der Waals surface area (Å²) in [5.74, 6) is -2.90. The molecule has 1 saturated carbocycles. The van der Waals surface area contributed by atoms with Gasteiger partial charge in [-0.05, 0) is 29.7 Å². The van der Waals surface area contributed by atoms with Gasteiger partial charge in [0, 0.05) is 11.8 Å². The number of aryl methyl sites for hydroxylation is 1. The second-order valence-electron chi connectivity index (χ2n) is 7.45. The molecule has 146 valence electrons. The number of benzene rings is 3. The predicted octanol–water partition coefficient (Wildman–Crippen LogP) is 4.80. The maximum atomic E-state index is 13.3.